The summed E-state index contributed by atoms with van der Waals surface area (Å²) in [6, 6.07) is 15.0. The lowest BCUT2D eigenvalue weighted by Crippen LogP contribution is -2.36. The van der Waals surface area contributed by atoms with Crippen LogP contribution in [0.4, 0.5) is 10.5 Å². The third-order valence-electron chi connectivity index (χ3n) is 3.92. The van der Waals surface area contributed by atoms with Gasteiger partial charge in [-0.05, 0) is 60.8 Å². The minimum absolute atomic E-state index is 0.304. The third-order valence-corrected chi connectivity index (χ3v) is 5.58. The Balaban J connectivity index is 1.67. The van der Waals surface area contributed by atoms with Gasteiger partial charge >= 0.3 is 0 Å². The zero-order valence-electron chi connectivity index (χ0n) is 14.9. The lowest BCUT2D eigenvalue weighted by molar-refractivity contribution is -0.127. The molecule has 0 unspecified atom stereocenters. The van der Waals surface area contributed by atoms with E-state index >= 15 is 0 Å². The van der Waals surface area contributed by atoms with Crippen molar-refractivity contribution in [2.45, 2.75) is 11.8 Å². The topological polar surface area (TPSA) is 66.5 Å². The molecule has 1 fully saturated rings. The van der Waals surface area contributed by atoms with Gasteiger partial charge in [-0.15, -0.1) is 11.8 Å². The van der Waals surface area contributed by atoms with Gasteiger partial charge in [0.15, 0.2) is 0 Å². The summed E-state index contributed by atoms with van der Waals surface area (Å²) in [4.78, 5) is 39.3. The lowest BCUT2D eigenvalue weighted by atomic mass is 10.2. The van der Waals surface area contributed by atoms with E-state index in [1.54, 1.807) is 30.0 Å². The van der Waals surface area contributed by atoms with Crippen molar-refractivity contribution >= 4 is 52.3 Å². The van der Waals surface area contributed by atoms with Crippen LogP contribution in [0.2, 0.25) is 0 Å². The molecule has 138 valence electrons. The Hall–Kier alpha value is -2.51. The van der Waals surface area contributed by atoms with Crippen LogP contribution >= 0.6 is 23.5 Å². The molecule has 7 heteroatoms. The van der Waals surface area contributed by atoms with Crippen molar-refractivity contribution in [3.05, 3.63) is 64.6 Å². The van der Waals surface area contributed by atoms with E-state index in [9.17, 15) is 14.4 Å². The number of rotatable bonds is 5. The number of benzene rings is 2. The molecule has 3 rings (SSSR count). The van der Waals surface area contributed by atoms with E-state index in [0.29, 0.717) is 10.6 Å². The molecule has 0 saturated carbocycles. The Morgan fingerprint density at radius 2 is 1.78 bits per heavy atom. The predicted molar refractivity (Wildman–Crippen MR) is 111 cm³/mol. The van der Waals surface area contributed by atoms with Crippen LogP contribution < -0.4 is 5.32 Å². The predicted octanol–water partition coefficient (Wildman–Crippen LogP) is 4.39. The largest absolute Gasteiger partial charge is 0.325 e. The van der Waals surface area contributed by atoms with Crippen molar-refractivity contribution in [3.63, 3.8) is 0 Å². The van der Waals surface area contributed by atoms with Crippen LogP contribution in [0.5, 0.6) is 0 Å². The zero-order valence-corrected chi connectivity index (χ0v) is 16.5. The highest BCUT2D eigenvalue weighted by Crippen LogP contribution is 2.32. The Kier molecular flexibility index (Phi) is 6.03. The molecule has 1 aliphatic heterocycles. The number of nitrogens with zero attached hydrogens (tertiary/aromatic N) is 1. The number of imide groups is 1. The van der Waals surface area contributed by atoms with E-state index in [0.717, 1.165) is 32.7 Å². The standard InChI is InChI=1S/C20H18N2O3S2/c1-13-3-7-15(8-4-13)21-18(23)12-22-19(24)17(27-20(22)25)11-14-5-9-16(26-2)10-6-14/h3-11H,12H2,1-2H3,(H,21,23)/b17-11+. The van der Waals surface area contributed by atoms with Gasteiger partial charge in [0.1, 0.15) is 6.54 Å². The van der Waals surface area contributed by atoms with Gasteiger partial charge < -0.3 is 5.32 Å². The maximum atomic E-state index is 12.5. The minimum atomic E-state index is -0.446. The third kappa shape index (κ3) is 4.81. The summed E-state index contributed by atoms with van der Waals surface area (Å²) in [5.41, 5.74) is 2.54. The van der Waals surface area contributed by atoms with E-state index in [4.69, 9.17) is 0 Å². The molecule has 0 atom stereocenters. The Labute approximate surface area is 166 Å². The summed E-state index contributed by atoms with van der Waals surface area (Å²) < 4.78 is 0. The molecule has 0 spiro atoms. The van der Waals surface area contributed by atoms with Gasteiger partial charge in [-0.1, -0.05) is 29.8 Å². The highest BCUT2D eigenvalue weighted by atomic mass is 32.2. The zero-order chi connectivity index (χ0) is 19.4. The number of hydrogen-bond acceptors (Lipinski definition) is 5. The molecule has 0 bridgehead atoms. The molecule has 1 heterocycles. The van der Waals surface area contributed by atoms with Crippen LogP contribution in [-0.2, 0) is 9.59 Å². The number of thioether (sulfide) groups is 2. The molecule has 1 aliphatic rings. The number of amides is 3. The number of nitrogens with one attached hydrogen (secondary N) is 1. The molecule has 3 amide bonds. The molecule has 5 nitrogen and oxygen atoms in total. The smallest absolute Gasteiger partial charge is 0.294 e. The van der Waals surface area contributed by atoms with Gasteiger partial charge in [-0.3, -0.25) is 19.3 Å². The SMILES string of the molecule is CSc1ccc(/C=C2/SC(=O)N(CC(=O)Nc3ccc(C)cc3)C2=O)cc1. The van der Waals surface area contributed by atoms with Gasteiger partial charge in [0.05, 0.1) is 4.91 Å². The summed E-state index contributed by atoms with van der Waals surface area (Å²) in [5, 5.41) is 2.26. The van der Waals surface area contributed by atoms with Crippen LogP contribution in [0, 0.1) is 6.92 Å². The van der Waals surface area contributed by atoms with Crippen molar-refractivity contribution in [2.24, 2.45) is 0 Å². The molecular weight excluding hydrogens is 380 g/mol. The molecule has 0 aliphatic carbocycles. The van der Waals surface area contributed by atoms with Gasteiger partial charge in [-0.2, -0.15) is 0 Å². The average Bonchev–Trinajstić information content (AvgIpc) is 2.91. The van der Waals surface area contributed by atoms with Crippen LogP contribution in [0.25, 0.3) is 6.08 Å². The average molecular weight is 399 g/mol. The summed E-state index contributed by atoms with van der Waals surface area (Å²) in [7, 11) is 0. The maximum Gasteiger partial charge on any atom is 0.294 e. The van der Waals surface area contributed by atoms with E-state index in [1.807, 2.05) is 49.6 Å². The summed E-state index contributed by atoms with van der Waals surface area (Å²) >= 11 is 2.48. The van der Waals surface area contributed by atoms with Crippen LogP contribution in [0.1, 0.15) is 11.1 Å². The fraction of sp³-hybridized carbons (Fsp3) is 0.150. The van der Waals surface area contributed by atoms with Crippen molar-refractivity contribution in [3.8, 4) is 0 Å². The summed E-state index contributed by atoms with van der Waals surface area (Å²) in [6.45, 7) is 1.65. The van der Waals surface area contributed by atoms with Gasteiger partial charge in [0.25, 0.3) is 11.1 Å². The molecular formula is C20H18N2O3S2. The summed E-state index contributed by atoms with van der Waals surface area (Å²) in [6.07, 6.45) is 3.66. The fourth-order valence-electron chi connectivity index (χ4n) is 2.47. The maximum absolute atomic E-state index is 12.5. The Bertz CT molecular complexity index is 906. The molecule has 27 heavy (non-hydrogen) atoms. The second kappa shape index (κ2) is 8.45. The van der Waals surface area contributed by atoms with Crippen molar-refractivity contribution in [2.75, 3.05) is 18.1 Å². The number of carbonyl (C=O) groups is 3. The van der Waals surface area contributed by atoms with Gasteiger partial charge in [0.2, 0.25) is 5.91 Å². The Morgan fingerprint density at radius 3 is 2.41 bits per heavy atom. The van der Waals surface area contributed by atoms with Crippen LogP contribution in [0.15, 0.2) is 58.3 Å². The monoisotopic (exact) mass is 398 g/mol. The van der Waals surface area contributed by atoms with Crippen molar-refractivity contribution in [1.29, 1.82) is 0 Å². The van der Waals surface area contributed by atoms with Gasteiger partial charge in [-0.25, -0.2) is 0 Å². The highest BCUT2D eigenvalue weighted by Gasteiger charge is 2.36. The first-order valence-corrected chi connectivity index (χ1v) is 10.3. The lowest BCUT2D eigenvalue weighted by Gasteiger charge is -2.12. The van der Waals surface area contributed by atoms with Crippen LogP contribution in [0.3, 0.4) is 0 Å². The minimum Gasteiger partial charge on any atom is -0.325 e. The first-order valence-electron chi connectivity index (χ1n) is 8.22. The number of aryl methyl sites for hydroxylation is 1. The molecule has 0 radical (unpaired) electrons. The summed E-state index contributed by atoms with van der Waals surface area (Å²) in [5.74, 6) is -0.857. The number of hydrogen-bond donors (Lipinski definition) is 1. The first kappa shape index (κ1) is 19.3. The molecule has 0 aromatic heterocycles. The Morgan fingerprint density at radius 1 is 1.11 bits per heavy atom. The molecule has 2 aromatic carbocycles. The second-order valence-electron chi connectivity index (χ2n) is 5.96. The molecule has 1 saturated heterocycles. The van der Waals surface area contributed by atoms with E-state index < -0.39 is 17.1 Å². The highest BCUT2D eigenvalue weighted by molar-refractivity contribution is 8.18. The first-order chi connectivity index (χ1) is 13.0. The fourth-order valence-corrected chi connectivity index (χ4v) is 3.72. The van der Waals surface area contributed by atoms with E-state index in [1.165, 1.54) is 0 Å². The van der Waals surface area contributed by atoms with Crippen LogP contribution in [-0.4, -0.2) is 34.8 Å². The second-order valence-corrected chi connectivity index (χ2v) is 7.83. The molecule has 1 N–H and O–H groups in total. The van der Waals surface area contributed by atoms with Crippen molar-refractivity contribution < 1.29 is 14.4 Å². The van der Waals surface area contributed by atoms with E-state index in [-0.39, 0.29) is 6.54 Å². The number of carbonyl (C=O) groups excluding carboxylic acids is 3. The normalized spacial score (nSPS) is 15.5. The van der Waals surface area contributed by atoms with Crippen molar-refractivity contribution in [1.82, 2.24) is 4.90 Å². The van der Waals surface area contributed by atoms with Gasteiger partial charge in [0, 0.05) is 10.6 Å². The number of anilines is 1. The molecule has 2 aromatic rings. The van der Waals surface area contributed by atoms with E-state index in [2.05, 4.69) is 5.32 Å². The quantitative estimate of drug-likeness (QED) is 0.598.